The molecule has 0 atom stereocenters. The van der Waals surface area contributed by atoms with Gasteiger partial charge in [-0.1, -0.05) is 29.4 Å². The fourth-order valence-corrected chi connectivity index (χ4v) is 2.26. The first-order valence-electron chi connectivity index (χ1n) is 7.51. The van der Waals surface area contributed by atoms with Gasteiger partial charge in [-0.05, 0) is 35.4 Å². The van der Waals surface area contributed by atoms with Gasteiger partial charge in [-0.2, -0.15) is 4.98 Å². The molecule has 0 aliphatic carbocycles. The van der Waals surface area contributed by atoms with Crippen molar-refractivity contribution in [2.24, 2.45) is 0 Å². The predicted octanol–water partition coefficient (Wildman–Crippen LogP) is 3.04. The van der Waals surface area contributed by atoms with Crippen LogP contribution in [0.1, 0.15) is 33.2 Å². The summed E-state index contributed by atoms with van der Waals surface area (Å²) < 4.78 is 17.8. The number of rotatable bonds is 5. The van der Waals surface area contributed by atoms with Gasteiger partial charge in [-0.15, -0.1) is 0 Å². The van der Waals surface area contributed by atoms with Crippen LogP contribution >= 0.6 is 0 Å². The lowest BCUT2D eigenvalue weighted by Crippen LogP contribution is -2.22. The summed E-state index contributed by atoms with van der Waals surface area (Å²) in [6.07, 6.45) is 0.550. The number of aryl methyl sites for hydroxylation is 1. The maximum Gasteiger partial charge on any atom is 0.251 e. The van der Waals surface area contributed by atoms with E-state index in [1.807, 2.05) is 12.1 Å². The van der Waals surface area contributed by atoms with Crippen molar-refractivity contribution < 1.29 is 13.7 Å². The molecule has 0 fully saturated rings. The number of carbonyl (C=O) groups excluding carboxylic acids is 1. The van der Waals surface area contributed by atoms with Gasteiger partial charge in [0.15, 0.2) is 5.82 Å². The lowest BCUT2D eigenvalue weighted by Gasteiger charge is -2.06. The number of hydrogen-bond donors (Lipinski definition) is 1. The fourth-order valence-electron chi connectivity index (χ4n) is 2.26. The van der Waals surface area contributed by atoms with Gasteiger partial charge in [0.1, 0.15) is 5.82 Å². The molecule has 3 rings (SSSR count). The zero-order valence-electron chi connectivity index (χ0n) is 13.1. The van der Waals surface area contributed by atoms with E-state index in [0.717, 1.165) is 11.1 Å². The third-order valence-corrected chi connectivity index (χ3v) is 3.51. The number of nitrogens with zero attached hydrogens (tertiary/aromatic N) is 2. The fraction of sp³-hybridized carbons (Fsp3) is 0.167. The third-order valence-electron chi connectivity index (χ3n) is 3.51. The van der Waals surface area contributed by atoms with Gasteiger partial charge in [0.05, 0.1) is 0 Å². The van der Waals surface area contributed by atoms with Crippen molar-refractivity contribution in [1.82, 2.24) is 15.5 Å². The van der Waals surface area contributed by atoms with Gasteiger partial charge < -0.3 is 9.84 Å². The summed E-state index contributed by atoms with van der Waals surface area (Å²) in [7, 11) is 0. The SMILES string of the molecule is Cc1nc(Cc2ccc(C(=O)NCc3ccc(F)cc3)cc2)no1. The molecular weight excluding hydrogens is 309 g/mol. The standard InChI is InChI=1S/C18H16FN3O2/c1-12-21-17(22-24-12)10-13-2-6-15(7-3-13)18(23)20-11-14-4-8-16(19)9-5-14/h2-9H,10-11H2,1H3,(H,20,23). The molecule has 5 nitrogen and oxygen atoms in total. The van der Waals surface area contributed by atoms with Crippen LogP contribution in [0.4, 0.5) is 4.39 Å². The van der Waals surface area contributed by atoms with Crippen LogP contribution < -0.4 is 5.32 Å². The maximum absolute atomic E-state index is 12.8. The number of benzene rings is 2. The van der Waals surface area contributed by atoms with Gasteiger partial charge in [0.2, 0.25) is 5.89 Å². The summed E-state index contributed by atoms with van der Waals surface area (Å²) in [6, 6.07) is 13.3. The van der Waals surface area contributed by atoms with Crippen LogP contribution in [-0.4, -0.2) is 16.0 Å². The highest BCUT2D eigenvalue weighted by molar-refractivity contribution is 5.94. The van der Waals surface area contributed by atoms with Crippen molar-refractivity contribution in [3.05, 3.63) is 82.8 Å². The van der Waals surface area contributed by atoms with Crippen molar-refractivity contribution in [3.63, 3.8) is 0 Å². The molecule has 0 saturated carbocycles. The minimum atomic E-state index is -0.294. The number of nitrogens with one attached hydrogen (secondary N) is 1. The van der Waals surface area contributed by atoms with E-state index in [1.165, 1.54) is 12.1 Å². The molecule has 1 aromatic heterocycles. The molecule has 0 bridgehead atoms. The van der Waals surface area contributed by atoms with Crippen molar-refractivity contribution in [2.45, 2.75) is 19.9 Å². The van der Waals surface area contributed by atoms with E-state index in [4.69, 9.17) is 4.52 Å². The van der Waals surface area contributed by atoms with Gasteiger partial charge in [-0.3, -0.25) is 4.79 Å². The second-order valence-electron chi connectivity index (χ2n) is 5.41. The Kier molecular flexibility index (Phi) is 4.65. The molecule has 0 aliphatic heterocycles. The third kappa shape index (κ3) is 4.04. The second kappa shape index (κ2) is 7.04. The molecule has 0 unspecified atom stereocenters. The highest BCUT2D eigenvalue weighted by Crippen LogP contribution is 2.09. The minimum Gasteiger partial charge on any atom is -0.348 e. The number of halogens is 1. The number of carbonyl (C=O) groups is 1. The molecule has 0 radical (unpaired) electrons. The van der Waals surface area contributed by atoms with Gasteiger partial charge >= 0.3 is 0 Å². The van der Waals surface area contributed by atoms with Crippen LogP contribution in [0.15, 0.2) is 53.1 Å². The van der Waals surface area contributed by atoms with Crippen LogP contribution in [0, 0.1) is 12.7 Å². The van der Waals surface area contributed by atoms with Crippen LogP contribution in [0.25, 0.3) is 0 Å². The van der Waals surface area contributed by atoms with Crippen LogP contribution in [0.5, 0.6) is 0 Å². The highest BCUT2D eigenvalue weighted by Gasteiger charge is 2.07. The Hall–Kier alpha value is -3.02. The molecule has 3 aromatic rings. The summed E-state index contributed by atoms with van der Waals surface area (Å²) in [4.78, 5) is 16.3. The Bertz CT molecular complexity index is 826. The number of amides is 1. The van der Waals surface area contributed by atoms with Gasteiger partial charge in [-0.25, -0.2) is 4.39 Å². The first-order valence-corrected chi connectivity index (χ1v) is 7.51. The lowest BCUT2D eigenvalue weighted by molar-refractivity contribution is 0.0951. The summed E-state index contributed by atoms with van der Waals surface area (Å²) >= 11 is 0. The first-order chi connectivity index (χ1) is 11.6. The molecule has 1 N–H and O–H groups in total. The number of aromatic nitrogens is 2. The summed E-state index contributed by atoms with van der Waals surface area (Å²) in [5, 5.41) is 6.65. The smallest absolute Gasteiger partial charge is 0.251 e. The van der Waals surface area contributed by atoms with E-state index in [9.17, 15) is 9.18 Å². The predicted molar refractivity (Wildman–Crippen MR) is 85.9 cm³/mol. The monoisotopic (exact) mass is 325 g/mol. The second-order valence-corrected chi connectivity index (χ2v) is 5.41. The Morgan fingerprint density at radius 2 is 1.75 bits per heavy atom. The Morgan fingerprint density at radius 1 is 1.08 bits per heavy atom. The average Bonchev–Trinajstić information content (AvgIpc) is 2.99. The van der Waals surface area contributed by atoms with Crippen molar-refractivity contribution in [1.29, 1.82) is 0 Å². The molecule has 6 heteroatoms. The maximum atomic E-state index is 12.8. The van der Waals surface area contributed by atoms with Crippen molar-refractivity contribution in [3.8, 4) is 0 Å². The van der Waals surface area contributed by atoms with E-state index in [-0.39, 0.29) is 11.7 Å². The molecule has 24 heavy (non-hydrogen) atoms. The zero-order chi connectivity index (χ0) is 16.9. The summed E-state index contributed by atoms with van der Waals surface area (Å²) in [5.41, 5.74) is 2.39. The van der Waals surface area contributed by atoms with Gasteiger partial charge in [0, 0.05) is 25.5 Å². The Balaban J connectivity index is 1.58. The van der Waals surface area contributed by atoms with E-state index < -0.39 is 0 Å². The average molecular weight is 325 g/mol. The van der Waals surface area contributed by atoms with E-state index in [1.54, 1.807) is 31.2 Å². The van der Waals surface area contributed by atoms with E-state index in [0.29, 0.717) is 30.2 Å². The van der Waals surface area contributed by atoms with E-state index in [2.05, 4.69) is 15.5 Å². The summed E-state index contributed by atoms with van der Waals surface area (Å²) in [6.45, 7) is 2.09. The number of hydrogen-bond acceptors (Lipinski definition) is 4. The minimum absolute atomic E-state index is 0.179. The largest absolute Gasteiger partial charge is 0.348 e. The summed E-state index contributed by atoms with van der Waals surface area (Å²) in [5.74, 6) is 0.668. The molecule has 0 saturated heterocycles. The molecule has 1 amide bonds. The molecule has 122 valence electrons. The van der Waals surface area contributed by atoms with E-state index >= 15 is 0 Å². The molecular formula is C18H16FN3O2. The molecule has 2 aromatic carbocycles. The first kappa shape index (κ1) is 15.9. The van der Waals surface area contributed by atoms with Crippen molar-refractivity contribution in [2.75, 3.05) is 0 Å². The Labute approximate surface area is 138 Å². The van der Waals surface area contributed by atoms with Crippen molar-refractivity contribution >= 4 is 5.91 Å². The van der Waals surface area contributed by atoms with Crippen LogP contribution in [-0.2, 0) is 13.0 Å². The zero-order valence-corrected chi connectivity index (χ0v) is 13.1. The molecule has 0 spiro atoms. The van der Waals surface area contributed by atoms with Crippen LogP contribution in [0.3, 0.4) is 0 Å². The van der Waals surface area contributed by atoms with Gasteiger partial charge in [0.25, 0.3) is 5.91 Å². The Morgan fingerprint density at radius 3 is 2.38 bits per heavy atom. The normalized spacial score (nSPS) is 10.6. The molecule has 0 aliphatic rings. The highest BCUT2D eigenvalue weighted by atomic mass is 19.1. The lowest BCUT2D eigenvalue weighted by atomic mass is 10.1. The topological polar surface area (TPSA) is 68.0 Å². The van der Waals surface area contributed by atoms with Crippen LogP contribution in [0.2, 0.25) is 0 Å². The molecule has 1 heterocycles. The quantitative estimate of drug-likeness (QED) is 0.783.